The van der Waals surface area contributed by atoms with Crippen LogP contribution >= 0.6 is 0 Å². The Balaban J connectivity index is 1.64. The van der Waals surface area contributed by atoms with Crippen molar-refractivity contribution in [3.05, 3.63) is 76.5 Å². The van der Waals surface area contributed by atoms with Gasteiger partial charge in [-0.15, -0.1) is 0 Å². The van der Waals surface area contributed by atoms with Gasteiger partial charge < -0.3 is 14.5 Å². The number of H-pyrrole nitrogens is 1. The highest BCUT2D eigenvalue weighted by molar-refractivity contribution is 5.83. The first kappa shape index (κ1) is 18.1. The summed E-state index contributed by atoms with van der Waals surface area (Å²) < 4.78 is 12.6. The Morgan fingerprint density at radius 1 is 1.07 bits per heavy atom. The van der Waals surface area contributed by atoms with Gasteiger partial charge in [-0.05, 0) is 30.2 Å². The van der Waals surface area contributed by atoms with Crippen molar-refractivity contribution in [3.8, 4) is 0 Å². The van der Waals surface area contributed by atoms with Gasteiger partial charge in [-0.2, -0.15) is 0 Å². The van der Waals surface area contributed by atoms with Gasteiger partial charge in [-0.3, -0.25) is 14.7 Å². The molecule has 1 unspecified atom stereocenters. The van der Waals surface area contributed by atoms with Crippen LogP contribution in [0.2, 0.25) is 0 Å². The summed E-state index contributed by atoms with van der Waals surface area (Å²) in [7, 11) is 3.14. The van der Waals surface area contributed by atoms with E-state index in [1.165, 1.54) is 10.9 Å². The first-order valence-corrected chi connectivity index (χ1v) is 9.59. The number of hydrogen-bond donors (Lipinski definition) is 2. The van der Waals surface area contributed by atoms with Crippen LogP contribution in [0.15, 0.2) is 59.5 Å². The van der Waals surface area contributed by atoms with E-state index in [2.05, 4.69) is 22.4 Å². The predicted molar refractivity (Wildman–Crippen MR) is 111 cm³/mol. The van der Waals surface area contributed by atoms with Gasteiger partial charge in [-0.1, -0.05) is 30.3 Å². The lowest BCUT2D eigenvalue weighted by Crippen LogP contribution is -2.38. The van der Waals surface area contributed by atoms with Crippen molar-refractivity contribution in [1.29, 1.82) is 0 Å². The molecule has 1 aliphatic rings. The number of fused-ring (bicyclic) bond motifs is 3. The molecule has 0 saturated heterocycles. The van der Waals surface area contributed by atoms with Crippen LogP contribution in [0.25, 0.3) is 21.8 Å². The van der Waals surface area contributed by atoms with Crippen molar-refractivity contribution in [3.63, 3.8) is 0 Å². The zero-order chi connectivity index (χ0) is 20.0. The Labute approximate surface area is 167 Å². The second kappa shape index (κ2) is 7.11. The first-order chi connectivity index (χ1) is 14.2. The van der Waals surface area contributed by atoms with Crippen LogP contribution in [0.4, 0.5) is 0 Å². The molecular weight excluding hydrogens is 368 g/mol. The van der Waals surface area contributed by atoms with E-state index in [0.717, 1.165) is 5.52 Å². The maximum absolute atomic E-state index is 13.3. The van der Waals surface area contributed by atoms with Crippen LogP contribution in [0.1, 0.15) is 23.6 Å². The first-order valence-electron chi connectivity index (χ1n) is 9.59. The van der Waals surface area contributed by atoms with E-state index in [1.54, 1.807) is 24.9 Å². The van der Waals surface area contributed by atoms with Crippen LogP contribution in [0.3, 0.4) is 0 Å². The third kappa shape index (κ3) is 2.86. The van der Waals surface area contributed by atoms with E-state index in [-0.39, 0.29) is 11.6 Å². The average molecular weight is 390 g/mol. The molecule has 0 spiro atoms. The maximum Gasteiger partial charge on any atom is 0.262 e. The molecule has 1 aliphatic heterocycles. The van der Waals surface area contributed by atoms with Crippen molar-refractivity contribution < 1.29 is 9.47 Å². The van der Waals surface area contributed by atoms with E-state index in [0.29, 0.717) is 23.1 Å². The van der Waals surface area contributed by atoms with Crippen molar-refractivity contribution in [2.45, 2.75) is 24.9 Å². The highest BCUT2D eigenvalue weighted by Crippen LogP contribution is 2.32. The summed E-state index contributed by atoms with van der Waals surface area (Å²) in [5.74, 6) is 0.697. The number of aromatic nitrogens is 3. The van der Waals surface area contributed by atoms with Gasteiger partial charge in [0.2, 0.25) is 0 Å². The van der Waals surface area contributed by atoms with Gasteiger partial charge in [-0.25, -0.2) is 4.98 Å². The lowest BCUT2D eigenvalue weighted by molar-refractivity contribution is -0.137. The molecule has 148 valence electrons. The van der Waals surface area contributed by atoms with Gasteiger partial charge in [0, 0.05) is 31.3 Å². The lowest BCUT2D eigenvalue weighted by Gasteiger charge is -2.23. The molecule has 0 bridgehead atoms. The standard InChI is InChI=1S/C22H22N4O3/c1-28-22(29-2)20-25-18(11-13-12-23-16-9-5-3-7-14(13)16)19-24-17-10-6-4-8-15(17)21(27)26(19)20/h3-10,12,18,20,22-23,25H,11H2,1-2H3/t18-,20?/m0/s1. The number of hydrogen-bond acceptors (Lipinski definition) is 5. The average Bonchev–Trinajstić information content (AvgIpc) is 3.32. The smallest absolute Gasteiger partial charge is 0.262 e. The molecule has 7 nitrogen and oxygen atoms in total. The molecule has 0 saturated carbocycles. The van der Waals surface area contributed by atoms with Crippen molar-refractivity contribution >= 4 is 21.8 Å². The minimum Gasteiger partial charge on any atom is -0.361 e. The van der Waals surface area contributed by atoms with Crippen molar-refractivity contribution in [1.82, 2.24) is 19.9 Å². The molecule has 0 radical (unpaired) electrons. The fraction of sp³-hybridized carbons (Fsp3) is 0.273. The molecule has 5 rings (SSSR count). The fourth-order valence-corrected chi connectivity index (χ4v) is 4.26. The number of aromatic amines is 1. The number of benzene rings is 2. The summed E-state index contributed by atoms with van der Waals surface area (Å²) in [6.45, 7) is 0. The van der Waals surface area contributed by atoms with E-state index in [1.807, 2.05) is 36.5 Å². The number of nitrogens with zero attached hydrogens (tertiary/aromatic N) is 2. The van der Waals surface area contributed by atoms with Crippen LogP contribution in [0, 0.1) is 0 Å². The lowest BCUT2D eigenvalue weighted by atomic mass is 10.0. The zero-order valence-corrected chi connectivity index (χ0v) is 16.3. The molecule has 2 atom stereocenters. The van der Waals surface area contributed by atoms with E-state index < -0.39 is 12.5 Å². The molecule has 2 aromatic heterocycles. The molecular formula is C22H22N4O3. The topological polar surface area (TPSA) is 81.2 Å². The van der Waals surface area contributed by atoms with Crippen molar-refractivity contribution in [2.24, 2.45) is 0 Å². The zero-order valence-electron chi connectivity index (χ0n) is 16.3. The molecule has 0 fully saturated rings. The summed E-state index contributed by atoms with van der Waals surface area (Å²) in [4.78, 5) is 21.4. The second-order valence-electron chi connectivity index (χ2n) is 7.23. The fourth-order valence-electron chi connectivity index (χ4n) is 4.26. The molecule has 2 N–H and O–H groups in total. The maximum atomic E-state index is 13.3. The molecule has 4 aromatic rings. The molecule has 0 amide bonds. The SMILES string of the molecule is COC(OC)C1N[C@@H](Cc2c[nH]c3ccccc23)c2nc3ccccc3c(=O)n21. The normalized spacial score (nSPS) is 18.7. The van der Waals surface area contributed by atoms with E-state index in [9.17, 15) is 4.79 Å². The van der Waals surface area contributed by atoms with Gasteiger partial charge >= 0.3 is 0 Å². The Bertz CT molecular complexity index is 1240. The molecule has 7 heteroatoms. The van der Waals surface area contributed by atoms with Crippen molar-refractivity contribution in [2.75, 3.05) is 14.2 Å². The van der Waals surface area contributed by atoms with E-state index >= 15 is 0 Å². The van der Waals surface area contributed by atoms with Gasteiger partial charge in [0.1, 0.15) is 12.0 Å². The van der Waals surface area contributed by atoms with Crippen LogP contribution in [0.5, 0.6) is 0 Å². The highest BCUT2D eigenvalue weighted by Gasteiger charge is 2.38. The van der Waals surface area contributed by atoms with Gasteiger partial charge in [0.15, 0.2) is 6.29 Å². The minimum absolute atomic E-state index is 0.0939. The highest BCUT2D eigenvalue weighted by atomic mass is 16.7. The van der Waals surface area contributed by atoms with E-state index in [4.69, 9.17) is 14.5 Å². The molecule has 2 aromatic carbocycles. The van der Waals surface area contributed by atoms with Crippen LogP contribution < -0.4 is 10.9 Å². The minimum atomic E-state index is -0.609. The number of para-hydroxylation sites is 2. The molecule has 3 heterocycles. The van der Waals surface area contributed by atoms with Crippen LogP contribution in [-0.4, -0.2) is 35.0 Å². The Morgan fingerprint density at radius 3 is 2.59 bits per heavy atom. The Hall–Kier alpha value is -3.00. The monoisotopic (exact) mass is 390 g/mol. The number of nitrogens with one attached hydrogen (secondary N) is 2. The third-order valence-corrected chi connectivity index (χ3v) is 5.62. The second-order valence-corrected chi connectivity index (χ2v) is 7.23. The quantitative estimate of drug-likeness (QED) is 0.512. The van der Waals surface area contributed by atoms with Gasteiger partial charge in [0.25, 0.3) is 5.56 Å². The summed E-state index contributed by atoms with van der Waals surface area (Å²) in [5, 5.41) is 5.27. The summed E-state index contributed by atoms with van der Waals surface area (Å²) in [6, 6.07) is 15.5. The predicted octanol–water partition coefficient (Wildman–Crippen LogP) is 2.88. The largest absolute Gasteiger partial charge is 0.361 e. The Morgan fingerprint density at radius 2 is 1.79 bits per heavy atom. The summed E-state index contributed by atoms with van der Waals surface area (Å²) in [6.07, 6.45) is 1.64. The summed E-state index contributed by atoms with van der Waals surface area (Å²) >= 11 is 0. The van der Waals surface area contributed by atoms with Crippen LogP contribution in [-0.2, 0) is 15.9 Å². The number of rotatable bonds is 5. The number of methoxy groups -OCH3 is 2. The molecule has 29 heavy (non-hydrogen) atoms. The number of ether oxygens (including phenoxy) is 2. The van der Waals surface area contributed by atoms with Gasteiger partial charge in [0.05, 0.1) is 16.9 Å². The Kier molecular flexibility index (Phi) is 4.43. The molecule has 0 aliphatic carbocycles. The third-order valence-electron chi connectivity index (χ3n) is 5.62. The summed E-state index contributed by atoms with van der Waals surface area (Å²) in [5.41, 5.74) is 2.86.